The second kappa shape index (κ2) is 10.4. The van der Waals surface area contributed by atoms with Crippen molar-refractivity contribution in [3.8, 4) is 5.88 Å². The van der Waals surface area contributed by atoms with Crippen LogP contribution in [-0.2, 0) is 4.79 Å². The third-order valence-electron chi connectivity index (χ3n) is 5.23. The molecule has 4 rings (SSSR count). The highest BCUT2D eigenvalue weighted by molar-refractivity contribution is 6.03. The van der Waals surface area contributed by atoms with Gasteiger partial charge in [-0.25, -0.2) is 0 Å². The van der Waals surface area contributed by atoms with Crippen LogP contribution in [0.5, 0.6) is 5.88 Å². The van der Waals surface area contributed by atoms with E-state index < -0.39 is 11.8 Å². The monoisotopic (exact) mass is 464 g/mol. The number of amides is 2. The van der Waals surface area contributed by atoms with Crippen molar-refractivity contribution in [3.63, 3.8) is 0 Å². The molecule has 0 bridgehead atoms. The third-order valence-corrected chi connectivity index (χ3v) is 5.23. The van der Waals surface area contributed by atoms with E-state index in [-0.39, 0.29) is 17.3 Å². The molecule has 35 heavy (non-hydrogen) atoms. The van der Waals surface area contributed by atoms with E-state index in [1.54, 1.807) is 36.4 Å². The molecule has 0 unspecified atom stereocenters. The van der Waals surface area contributed by atoms with E-state index in [0.29, 0.717) is 16.5 Å². The number of hydrogen-bond donors (Lipinski definition) is 3. The zero-order valence-corrected chi connectivity index (χ0v) is 19.3. The highest BCUT2D eigenvalue weighted by Crippen LogP contribution is 2.36. The Morgan fingerprint density at radius 2 is 1.66 bits per heavy atom. The molecule has 7 heteroatoms. The van der Waals surface area contributed by atoms with Gasteiger partial charge in [-0.3, -0.25) is 9.59 Å². The lowest BCUT2D eigenvalue weighted by Gasteiger charge is -2.07. The predicted octanol–water partition coefficient (Wildman–Crippen LogP) is 6.21. The highest BCUT2D eigenvalue weighted by Gasteiger charge is 2.16. The summed E-state index contributed by atoms with van der Waals surface area (Å²) in [4.78, 5) is 28.6. The quantitative estimate of drug-likeness (QED) is 0.179. The maximum absolute atomic E-state index is 13.0. The van der Waals surface area contributed by atoms with Crippen LogP contribution >= 0.6 is 0 Å². The van der Waals surface area contributed by atoms with Crippen LogP contribution in [0.1, 0.15) is 28.4 Å². The van der Waals surface area contributed by atoms with Crippen LogP contribution in [0.15, 0.2) is 106 Å². The number of azo groups is 1. The summed E-state index contributed by atoms with van der Waals surface area (Å²) in [6.07, 6.45) is 3.43. The SMILES string of the molecule is CC(=C/c1ccccc1)/C=C(\NC(=O)c1ccccc1)C(=O)N=Nc1c(O)[nH]c2ccc(C)cc12. The average molecular weight is 465 g/mol. The van der Waals surface area contributed by atoms with Crippen molar-refractivity contribution in [1.82, 2.24) is 10.3 Å². The minimum Gasteiger partial charge on any atom is -0.493 e. The number of aryl methyl sites for hydroxylation is 1. The number of fused-ring (bicyclic) bond motifs is 1. The molecule has 0 saturated carbocycles. The number of rotatable bonds is 6. The minimum atomic E-state index is -0.753. The van der Waals surface area contributed by atoms with Gasteiger partial charge in [-0.05, 0) is 55.3 Å². The second-order valence-corrected chi connectivity index (χ2v) is 8.05. The Hall–Kier alpha value is -4.78. The van der Waals surface area contributed by atoms with E-state index in [4.69, 9.17) is 0 Å². The number of aromatic hydroxyl groups is 1. The largest absolute Gasteiger partial charge is 0.493 e. The molecular weight excluding hydrogens is 440 g/mol. The fourth-order valence-corrected chi connectivity index (χ4v) is 3.54. The van der Waals surface area contributed by atoms with Gasteiger partial charge in [0.15, 0.2) is 5.69 Å². The van der Waals surface area contributed by atoms with E-state index in [0.717, 1.165) is 16.7 Å². The van der Waals surface area contributed by atoms with E-state index >= 15 is 0 Å². The summed E-state index contributed by atoms with van der Waals surface area (Å²) in [6.45, 7) is 3.73. The molecule has 7 nitrogen and oxygen atoms in total. The molecule has 0 spiro atoms. The summed E-state index contributed by atoms with van der Waals surface area (Å²) in [7, 11) is 0. The Bertz CT molecular complexity index is 1470. The van der Waals surface area contributed by atoms with Gasteiger partial charge < -0.3 is 15.4 Å². The molecule has 0 atom stereocenters. The molecule has 174 valence electrons. The molecule has 3 N–H and O–H groups in total. The zero-order chi connectivity index (χ0) is 24.8. The lowest BCUT2D eigenvalue weighted by atomic mass is 10.1. The van der Waals surface area contributed by atoms with E-state index in [1.807, 2.05) is 68.5 Å². The van der Waals surface area contributed by atoms with E-state index in [9.17, 15) is 14.7 Å². The molecule has 0 aliphatic carbocycles. The normalized spacial score (nSPS) is 12.3. The Kier molecular flexibility index (Phi) is 6.97. The number of aromatic amines is 1. The second-order valence-electron chi connectivity index (χ2n) is 8.05. The van der Waals surface area contributed by atoms with Gasteiger partial charge in [0, 0.05) is 10.9 Å². The fraction of sp³-hybridized carbons (Fsp3) is 0.0714. The van der Waals surface area contributed by atoms with Gasteiger partial charge in [0.25, 0.3) is 5.91 Å². The molecular formula is C28H24N4O3. The minimum absolute atomic E-state index is 0.0391. The number of H-pyrrole nitrogens is 1. The van der Waals surface area contributed by atoms with Crippen LogP contribution in [0.2, 0.25) is 0 Å². The van der Waals surface area contributed by atoms with Gasteiger partial charge in [0.2, 0.25) is 5.88 Å². The Morgan fingerprint density at radius 1 is 0.971 bits per heavy atom. The van der Waals surface area contributed by atoms with Crippen LogP contribution in [0, 0.1) is 6.92 Å². The number of nitrogens with one attached hydrogen (secondary N) is 2. The summed E-state index contributed by atoms with van der Waals surface area (Å²) in [5.41, 5.74) is 3.83. The van der Waals surface area contributed by atoms with E-state index in [1.165, 1.54) is 0 Å². The summed E-state index contributed by atoms with van der Waals surface area (Å²) in [5.74, 6) is -1.39. The lowest BCUT2D eigenvalue weighted by molar-refractivity contribution is -0.115. The number of nitrogens with zero attached hydrogens (tertiary/aromatic N) is 2. The maximum Gasteiger partial charge on any atom is 0.311 e. The number of allylic oxidation sites excluding steroid dienone is 2. The average Bonchev–Trinajstić information content (AvgIpc) is 3.17. The zero-order valence-electron chi connectivity index (χ0n) is 19.3. The smallest absolute Gasteiger partial charge is 0.311 e. The highest BCUT2D eigenvalue weighted by atomic mass is 16.3. The van der Waals surface area contributed by atoms with Crippen LogP contribution < -0.4 is 5.32 Å². The number of carbonyl (C=O) groups is 2. The summed E-state index contributed by atoms with van der Waals surface area (Å²) < 4.78 is 0. The van der Waals surface area contributed by atoms with Gasteiger partial charge in [-0.1, -0.05) is 66.2 Å². The molecule has 2 amide bonds. The summed E-state index contributed by atoms with van der Waals surface area (Å²) in [6, 6.07) is 23.7. The van der Waals surface area contributed by atoms with Crippen molar-refractivity contribution in [3.05, 3.63) is 113 Å². The molecule has 0 aliphatic heterocycles. The van der Waals surface area contributed by atoms with Gasteiger partial charge in [0.1, 0.15) is 5.70 Å². The molecule has 0 saturated heterocycles. The van der Waals surface area contributed by atoms with Crippen LogP contribution in [-0.4, -0.2) is 21.9 Å². The van der Waals surface area contributed by atoms with Crippen molar-refractivity contribution in [2.45, 2.75) is 13.8 Å². The molecule has 0 radical (unpaired) electrons. The summed E-state index contributed by atoms with van der Waals surface area (Å²) >= 11 is 0. The van der Waals surface area contributed by atoms with Gasteiger partial charge in [0.05, 0.1) is 5.52 Å². The topological polar surface area (TPSA) is 107 Å². The molecule has 3 aromatic carbocycles. The van der Waals surface area contributed by atoms with Crippen molar-refractivity contribution < 1.29 is 14.7 Å². The van der Waals surface area contributed by atoms with Gasteiger partial charge in [-0.2, -0.15) is 0 Å². The van der Waals surface area contributed by atoms with Crippen LogP contribution in [0.3, 0.4) is 0 Å². The molecule has 0 aliphatic rings. The third kappa shape index (κ3) is 5.78. The number of aromatic nitrogens is 1. The predicted molar refractivity (Wildman–Crippen MR) is 136 cm³/mol. The fourth-order valence-electron chi connectivity index (χ4n) is 3.54. The van der Waals surface area contributed by atoms with E-state index in [2.05, 4.69) is 20.5 Å². The van der Waals surface area contributed by atoms with Gasteiger partial charge >= 0.3 is 5.91 Å². The molecule has 1 heterocycles. The van der Waals surface area contributed by atoms with Crippen molar-refractivity contribution in [2.24, 2.45) is 10.2 Å². The lowest BCUT2D eigenvalue weighted by Crippen LogP contribution is -2.26. The number of hydrogen-bond acceptors (Lipinski definition) is 4. The van der Waals surface area contributed by atoms with Crippen molar-refractivity contribution in [1.29, 1.82) is 0 Å². The van der Waals surface area contributed by atoms with Crippen molar-refractivity contribution >= 4 is 34.5 Å². The molecule has 4 aromatic rings. The Balaban J connectivity index is 1.66. The van der Waals surface area contributed by atoms with Crippen LogP contribution in [0.25, 0.3) is 17.0 Å². The first-order chi connectivity index (χ1) is 16.9. The Morgan fingerprint density at radius 3 is 2.37 bits per heavy atom. The maximum atomic E-state index is 13.0. The van der Waals surface area contributed by atoms with Crippen molar-refractivity contribution in [2.75, 3.05) is 0 Å². The van der Waals surface area contributed by atoms with Crippen LogP contribution in [0.4, 0.5) is 5.69 Å². The molecule has 0 fully saturated rings. The summed E-state index contributed by atoms with van der Waals surface area (Å²) in [5, 5.41) is 21.4. The molecule has 1 aromatic heterocycles. The van der Waals surface area contributed by atoms with Gasteiger partial charge in [-0.15, -0.1) is 10.2 Å². The number of benzene rings is 3. The Labute approximate surface area is 202 Å². The first-order valence-electron chi connectivity index (χ1n) is 11.0. The first kappa shape index (κ1) is 23.4. The standard InChI is InChI=1S/C28H24N4O3/c1-18-13-14-23-22(16-18)25(28(35)29-23)31-32-27(34)24(30-26(33)21-11-7-4-8-12-21)17-19(2)15-20-9-5-3-6-10-20/h3-17,29,35H,1-2H3,(H,30,33)/b19-15-,24-17-,32-31?. The first-order valence-corrected chi connectivity index (χ1v) is 11.0. The number of carbonyl (C=O) groups excluding carboxylic acids is 2.